The molecule has 2 rings (SSSR count). The Morgan fingerprint density at radius 1 is 1.50 bits per heavy atom. The highest BCUT2D eigenvalue weighted by atomic mass is 32.1. The minimum Gasteiger partial charge on any atom is -0.465 e. The van der Waals surface area contributed by atoms with Gasteiger partial charge in [0.05, 0.1) is 37.7 Å². The number of amidine groups is 1. The molecule has 2 N–H and O–H groups in total. The molecule has 6 heteroatoms. The highest BCUT2D eigenvalue weighted by molar-refractivity contribution is 7.12. The van der Waals surface area contributed by atoms with Crippen molar-refractivity contribution in [3.05, 3.63) is 22.4 Å². The predicted molar refractivity (Wildman–Crippen MR) is 80.5 cm³/mol. The number of hydrogen-bond acceptors (Lipinski definition) is 4. The zero-order valence-electron chi connectivity index (χ0n) is 11.9. The van der Waals surface area contributed by atoms with Crippen molar-refractivity contribution in [2.45, 2.75) is 19.8 Å². The van der Waals surface area contributed by atoms with Gasteiger partial charge in [-0.2, -0.15) is 0 Å². The van der Waals surface area contributed by atoms with Crippen LogP contribution in [-0.4, -0.2) is 44.7 Å². The van der Waals surface area contributed by atoms with Gasteiger partial charge >= 0.3 is 0 Å². The number of likely N-dealkylation sites (tertiary alicyclic amines) is 1. The first-order chi connectivity index (χ1) is 9.79. The van der Waals surface area contributed by atoms with Gasteiger partial charge in [0.1, 0.15) is 0 Å². The fourth-order valence-corrected chi connectivity index (χ4v) is 2.88. The first-order valence-electron chi connectivity index (χ1n) is 7.15. The fraction of sp³-hybridized carbons (Fsp3) is 0.571. The van der Waals surface area contributed by atoms with Crippen molar-refractivity contribution in [3.63, 3.8) is 0 Å². The number of carbonyl (C=O) groups excluding carboxylic acids is 1. The molecule has 1 amide bonds. The molecule has 0 unspecified atom stereocenters. The molecule has 0 saturated carbocycles. The number of rotatable bonds is 5. The predicted octanol–water partition coefficient (Wildman–Crippen LogP) is 0.549. The molecule has 0 bridgehead atoms. The van der Waals surface area contributed by atoms with Gasteiger partial charge < -0.3 is 9.64 Å². The van der Waals surface area contributed by atoms with Crippen LogP contribution in [-0.2, 0) is 4.74 Å². The molecule has 1 aliphatic heterocycles. The van der Waals surface area contributed by atoms with Gasteiger partial charge in [0, 0.05) is 12.8 Å². The molecule has 1 aromatic rings. The highest BCUT2D eigenvalue weighted by Gasteiger charge is 2.15. The Labute approximate surface area is 123 Å². The van der Waals surface area contributed by atoms with E-state index < -0.39 is 0 Å². The summed E-state index contributed by atoms with van der Waals surface area (Å²) in [6, 6.07) is 3.98. The van der Waals surface area contributed by atoms with E-state index >= 15 is 0 Å². The third-order valence-corrected chi connectivity index (χ3v) is 4.15. The quantitative estimate of drug-likeness (QED) is 0.616. The second-order valence-corrected chi connectivity index (χ2v) is 5.71. The number of hydrogen-bond donors (Lipinski definition) is 2. The van der Waals surface area contributed by atoms with Gasteiger partial charge in [0.2, 0.25) is 0 Å². The second-order valence-electron chi connectivity index (χ2n) is 4.76. The molecule has 1 aliphatic rings. The molecule has 1 fully saturated rings. The Balaban J connectivity index is 1.83. The van der Waals surface area contributed by atoms with E-state index in [1.165, 1.54) is 37.3 Å². The zero-order valence-corrected chi connectivity index (χ0v) is 12.7. The van der Waals surface area contributed by atoms with Crippen molar-refractivity contribution >= 4 is 23.3 Å². The van der Waals surface area contributed by atoms with Gasteiger partial charge in [-0.05, 0) is 18.4 Å². The number of thiophene rings is 1. The van der Waals surface area contributed by atoms with Crippen LogP contribution in [0.5, 0.6) is 0 Å². The number of quaternary nitrogens is 1. The van der Waals surface area contributed by atoms with Gasteiger partial charge in [-0.3, -0.25) is 10.1 Å². The van der Waals surface area contributed by atoms with Crippen LogP contribution < -0.4 is 10.2 Å². The summed E-state index contributed by atoms with van der Waals surface area (Å²) in [5.41, 5.74) is 0. The standard InChI is InChI=1S/C14H21N3O2S/c1-2-19-14(15-7-10-17-8-3-4-9-17)16-13(18)12-6-5-11-20-12/h5-6,11H,2-4,7-10H2,1H3,(H,15,16,18)/p+1. The molecule has 0 radical (unpaired) electrons. The number of aliphatic imine (C=N–C) groups is 1. The SMILES string of the molecule is CCOC(=NCC[NH+]1CCCC1)NC(=O)c1cccs1. The van der Waals surface area contributed by atoms with Crippen LogP contribution in [0.4, 0.5) is 0 Å². The van der Waals surface area contributed by atoms with Gasteiger partial charge in [0.25, 0.3) is 11.9 Å². The molecule has 0 aliphatic carbocycles. The average molecular weight is 296 g/mol. The second kappa shape index (κ2) is 8.01. The number of nitrogens with one attached hydrogen (secondary N) is 2. The van der Waals surface area contributed by atoms with Crippen LogP contribution in [0.2, 0.25) is 0 Å². The van der Waals surface area contributed by atoms with E-state index in [9.17, 15) is 4.79 Å². The molecular formula is C14H22N3O2S+. The number of amides is 1. The molecule has 20 heavy (non-hydrogen) atoms. The molecule has 1 saturated heterocycles. The van der Waals surface area contributed by atoms with Gasteiger partial charge in [-0.15, -0.1) is 11.3 Å². The van der Waals surface area contributed by atoms with Gasteiger partial charge in [0.15, 0.2) is 0 Å². The lowest BCUT2D eigenvalue weighted by Crippen LogP contribution is -3.10. The summed E-state index contributed by atoms with van der Waals surface area (Å²) in [6.45, 7) is 6.56. The molecular weight excluding hydrogens is 274 g/mol. The van der Waals surface area contributed by atoms with E-state index in [1.54, 1.807) is 11.0 Å². The summed E-state index contributed by atoms with van der Waals surface area (Å²) in [6.07, 6.45) is 2.62. The summed E-state index contributed by atoms with van der Waals surface area (Å²) in [5, 5.41) is 4.61. The van der Waals surface area contributed by atoms with Crippen molar-refractivity contribution in [2.24, 2.45) is 4.99 Å². The molecule has 2 heterocycles. The maximum absolute atomic E-state index is 11.9. The zero-order chi connectivity index (χ0) is 14.2. The lowest BCUT2D eigenvalue weighted by atomic mass is 10.4. The van der Waals surface area contributed by atoms with E-state index in [2.05, 4.69) is 10.3 Å². The summed E-state index contributed by atoms with van der Waals surface area (Å²) in [5.74, 6) is -0.152. The molecule has 1 aromatic heterocycles. The van der Waals surface area contributed by atoms with Gasteiger partial charge in [-0.1, -0.05) is 6.07 Å². The van der Waals surface area contributed by atoms with E-state index in [0.29, 0.717) is 24.1 Å². The maximum atomic E-state index is 11.9. The van der Waals surface area contributed by atoms with Crippen LogP contribution in [0, 0.1) is 0 Å². The van der Waals surface area contributed by atoms with E-state index in [-0.39, 0.29) is 5.91 Å². The number of carbonyl (C=O) groups is 1. The van der Waals surface area contributed by atoms with E-state index in [4.69, 9.17) is 4.74 Å². The van der Waals surface area contributed by atoms with Crippen molar-refractivity contribution in [3.8, 4) is 0 Å². The van der Waals surface area contributed by atoms with Crippen molar-refractivity contribution in [1.29, 1.82) is 0 Å². The number of ether oxygens (including phenoxy) is 1. The minimum atomic E-state index is -0.152. The van der Waals surface area contributed by atoms with Crippen molar-refractivity contribution in [2.75, 3.05) is 32.8 Å². The normalized spacial score (nSPS) is 16.4. The maximum Gasteiger partial charge on any atom is 0.291 e. The lowest BCUT2D eigenvalue weighted by Gasteiger charge is -2.11. The highest BCUT2D eigenvalue weighted by Crippen LogP contribution is 2.07. The monoisotopic (exact) mass is 296 g/mol. The topological polar surface area (TPSA) is 55.1 Å². The van der Waals surface area contributed by atoms with Crippen molar-refractivity contribution < 1.29 is 14.4 Å². The molecule has 5 nitrogen and oxygen atoms in total. The molecule has 0 aromatic carbocycles. The van der Waals surface area contributed by atoms with Crippen LogP contribution >= 0.6 is 11.3 Å². The van der Waals surface area contributed by atoms with Gasteiger partial charge in [-0.25, -0.2) is 4.99 Å². The first-order valence-corrected chi connectivity index (χ1v) is 8.03. The molecule has 0 spiro atoms. The molecule has 0 atom stereocenters. The van der Waals surface area contributed by atoms with E-state index in [1.807, 2.05) is 18.4 Å². The van der Waals surface area contributed by atoms with Crippen LogP contribution in [0.25, 0.3) is 0 Å². The summed E-state index contributed by atoms with van der Waals surface area (Å²) in [7, 11) is 0. The summed E-state index contributed by atoms with van der Waals surface area (Å²) >= 11 is 1.41. The Morgan fingerprint density at radius 3 is 2.95 bits per heavy atom. The molecule has 110 valence electrons. The number of nitrogens with zero attached hydrogens (tertiary/aromatic N) is 1. The Kier molecular flexibility index (Phi) is 6.01. The van der Waals surface area contributed by atoms with Crippen LogP contribution in [0.1, 0.15) is 29.4 Å². The Hall–Kier alpha value is -1.40. The van der Waals surface area contributed by atoms with Crippen LogP contribution in [0.3, 0.4) is 0 Å². The average Bonchev–Trinajstić information content (AvgIpc) is 3.12. The summed E-state index contributed by atoms with van der Waals surface area (Å²) in [4.78, 5) is 18.6. The minimum absolute atomic E-state index is 0.152. The first kappa shape index (κ1) is 15.0. The van der Waals surface area contributed by atoms with Crippen LogP contribution in [0.15, 0.2) is 22.5 Å². The van der Waals surface area contributed by atoms with E-state index in [0.717, 1.165) is 6.54 Å². The Morgan fingerprint density at radius 2 is 2.30 bits per heavy atom. The van der Waals surface area contributed by atoms with Crippen molar-refractivity contribution in [1.82, 2.24) is 5.32 Å². The third kappa shape index (κ3) is 4.61. The largest absolute Gasteiger partial charge is 0.465 e. The smallest absolute Gasteiger partial charge is 0.291 e. The summed E-state index contributed by atoms with van der Waals surface area (Å²) < 4.78 is 5.39. The third-order valence-electron chi connectivity index (χ3n) is 3.28. The lowest BCUT2D eigenvalue weighted by molar-refractivity contribution is -0.885. The Bertz CT molecular complexity index is 439. The fourth-order valence-electron chi connectivity index (χ4n) is 2.27.